The van der Waals surface area contributed by atoms with E-state index in [1.807, 2.05) is 0 Å². The van der Waals surface area contributed by atoms with Crippen LogP contribution in [0.25, 0.3) is 0 Å². The zero-order valence-electron chi connectivity index (χ0n) is 25.2. The van der Waals surface area contributed by atoms with Crippen molar-refractivity contribution in [2.45, 2.75) is 167 Å². The Morgan fingerprint density at radius 1 is 0.658 bits per heavy atom. The van der Waals surface area contributed by atoms with Gasteiger partial charge in [-0.05, 0) is 44.9 Å². The minimum absolute atomic E-state index is 0.0526. The number of amides is 1. The normalized spacial score (nSPS) is 13.7. The van der Waals surface area contributed by atoms with Crippen molar-refractivity contribution in [3.05, 3.63) is 36.5 Å². The molecule has 0 saturated heterocycles. The molecule has 0 saturated carbocycles. The van der Waals surface area contributed by atoms with Gasteiger partial charge in [-0.2, -0.15) is 0 Å². The summed E-state index contributed by atoms with van der Waals surface area (Å²) in [5, 5.41) is 22.9. The smallest absolute Gasteiger partial charge is 0.220 e. The Morgan fingerprint density at radius 2 is 1.16 bits per heavy atom. The fourth-order valence-electron chi connectivity index (χ4n) is 4.67. The fourth-order valence-corrected chi connectivity index (χ4v) is 4.67. The van der Waals surface area contributed by atoms with Gasteiger partial charge in [0.1, 0.15) is 0 Å². The Bertz CT molecular complexity index is 584. The second-order valence-corrected chi connectivity index (χ2v) is 10.8. The molecule has 4 heteroatoms. The molecule has 0 rings (SSSR count). The summed E-state index contributed by atoms with van der Waals surface area (Å²) in [5.74, 6) is -0.0526. The van der Waals surface area contributed by atoms with Crippen molar-refractivity contribution in [3.63, 3.8) is 0 Å². The van der Waals surface area contributed by atoms with Gasteiger partial charge in [0, 0.05) is 6.42 Å². The summed E-state index contributed by atoms with van der Waals surface area (Å²) < 4.78 is 0. The van der Waals surface area contributed by atoms with Crippen LogP contribution in [-0.4, -0.2) is 34.9 Å². The Balaban J connectivity index is 3.65. The van der Waals surface area contributed by atoms with Crippen LogP contribution in [-0.2, 0) is 4.79 Å². The molecule has 3 N–H and O–H groups in total. The van der Waals surface area contributed by atoms with Gasteiger partial charge in [-0.25, -0.2) is 0 Å². The van der Waals surface area contributed by atoms with Crippen molar-refractivity contribution < 1.29 is 15.0 Å². The van der Waals surface area contributed by atoms with Crippen LogP contribution < -0.4 is 5.32 Å². The SMILES string of the molecule is CC/C=C\C/C=C\C/C=C\CCCCCCCC(=O)NC(CO)C(O)CCCCCCCCCCCCC. The maximum Gasteiger partial charge on any atom is 0.220 e. The molecule has 0 heterocycles. The molecule has 0 aliphatic carbocycles. The summed E-state index contributed by atoms with van der Waals surface area (Å²) in [4.78, 5) is 12.3. The van der Waals surface area contributed by atoms with Crippen LogP contribution in [0.5, 0.6) is 0 Å². The molecule has 0 bridgehead atoms. The number of allylic oxidation sites excluding steroid dienone is 6. The monoisotopic (exact) mass is 533 g/mol. The van der Waals surface area contributed by atoms with Gasteiger partial charge in [-0.1, -0.05) is 140 Å². The highest BCUT2D eigenvalue weighted by Crippen LogP contribution is 2.14. The average molecular weight is 534 g/mol. The summed E-state index contributed by atoms with van der Waals surface area (Å²) in [6.45, 7) is 4.21. The summed E-state index contributed by atoms with van der Waals surface area (Å²) in [6, 6.07) is -0.542. The number of rotatable bonds is 28. The number of aliphatic hydroxyl groups excluding tert-OH is 2. The number of carbonyl (C=O) groups is 1. The highest BCUT2D eigenvalue weighted by Gasteiger charge is 2.19. The van der Waals surface area contributed by atoms with Gasteiger partial charge in [0.25, 0.3) is 0 Å². The third-order valence-electron chi connectivity index (χ3n) is 7.17. The van der Waals surface area contributed by atoms with E-state index in [9.17, 15) is 15.0 Å². The lowest BCUT2D eigenvalue weighted by Gasteiger charge is -2.22. The molecule has 222 valence electrons. The van der Waals surface area contributed by atoms with Crippen LogP contribution in [0.3, 0.4) is 0 Å². The minimum atomic E-state index is -0.663. The second kappa shape index (κ2) is 30.2. The average Bonchev–Trinajstić information content (AvgIpc) is 2.92. The topological polar surface area (TPSA) is 69.6 Å². The van der Waals surface area contributed by atoms with Crippen LogP contribution in [0.2, 0.25) is 0 Å². The van der Waals surface area contributed by atoms with E-state index in [4.69, 9.17) is 0 Å². The molecule has 2 unspecified atom stereocenters. The van der Waals surface area contributed by atoms with Gasteiger partial charge in [0.2, 0.25) is 5.91 Å². The summed E-state index contributed by atoms with van der Waals surface area (Å²) >= 11 is 0. The molecule has 0 spiro atoms. The number of hydrogen-bond acceptors (Lipinski definition) is 3. The van der Waals surface area contributed by atoms with Crippen LogP contribution in [0.1, 0.15) is 155 Å². The largest absolute Gasteiger partial charge is 0.394 e. The van der Waals surface area contributed by atoms with Gasteiger partial charge in [-0.15, -0.1) is 0 Å². The Hall–Kier alpha value is -1.39. The van der Waals surface area contributed by atoms with E-state index in [0.29, 0.717) is 12.8 Å². The van der Waals surface area contributed by atoms with Crippen molar-refractivity contribution in [1.82, 2.24) is 5.32 Å². The standard InChI is InChI=1S/C34H63NO3/c1-3-5-7-9-11-13-15-16-17-18-20-22-24-26-28-30-34(38)35-32(31-36)33(37)29-27-25-23-21-19-14-12-10-8-6-4-2/h5,7,11,13,16-17,32-33,36-37H,3-4,6,8-10,12,14-15,18-31H2,1-2H3,(H,35,38)/b7-5-,13-11-,17-16-. The molecule has 2 atom stereocenters. The zero-order valence-corrected chi connectivity index (χ0v) is 25.2. The number of nitrogens with one attached hydrogen (secondary N) is 1. The number of carbonyl (C=O) groups excluding carboxylic acids is 1. The maximum absolute atomic E-state index is 12.3. The van der Waals surface area contributed by atoms with Crippen molar-refractivity contribution >= 4 is 5.91 Å². The van der Waals surface area contributed by atoms with Gasteiger partial charge in [0.15, 0.2) is 0 Å². The molecule has 0 aliphatic rings. The van der Waals surface area contributed by atoms with Crippen LogP contribution in [0.15, 0.2) is 36.5 Å². The molecular formula is C34H63NO3. The molecule has 0 radical (unpaired) electrons. The first-order chi connectivity index (χ1) is 18.7. The first-order valence-corrected chi connectivity index (χ1v) is 16.2. The zero-order chi connectivity index (χ0) is 27.9. The fraction of sp³-hybridized carbons (Fsp3) is 0.794. The lowest BCUT2D eigenvalue weighted by molar-refractivity contribution is -0.123. The van der Waals surface area contributed by atoms with Gasteiger partial charge in [-0.3, -0.25) is 4.79 Å². The third kappa shape index (κ3) is 26.2. The van der Waals surface area contributed by atoms with Crippen molar-refractivity contribution in [2.24, 2.45) is 0 Å². The van der Waals surface area contributed by atoms with E-state index in [1.54, 1.807) is 0 Å². The minimum Gasteiger partial charge on any atom is -0.394 e. The second-order valence-electron chi connectivity index (χ2n) is 10.8. The summed E-state index contributed by atoms with van der Waals surface area (Å²) in [5.41, 5.74) is 0. The first kappa shape index (κ1) is 36.6. The van der Waals surface area contributed by atoms with E-state index in [1.165, 1.54) is 70.6 Å². The number of aliphatic hydroxyl groups is 2. The number of hydrogen-bond donors (Lipinski definition) is 3. The Morgan fingerprint density at radius 3 is 1.74 bits per heavy atom. The van der Waals surface area contributed by atoms with Crippen LogP contribution in [0.4, 0.5) is 0 Å². The molecule has 0 fully saturated rings. The lowest BCUT2D eigenvalue weighted by atomic mass is 10.0. The molecule has 0 aromatic rings. The molecular weight excluding hydrogens is 470 g/mol. The third-order valence-corrected chi connectivity index (χ3v) is 7.17. The Labute approximate surface area is 236 Å². The van der Waals surface area contributed by atoms with E-state index in [0.717, 1.165) is 57.8 Å². The molecule has 0 aliphatic heterocycles. The Kier molecular flexibility index (Phi) is 29.1. The highest BCUT2D eigenvalue weighted by atomic mass is 16.3. The quantitative estimate of drug-likeness (QED) is 0.0693. The summed E-state index contributed by atoms with van der Waals surface area (Å²) in [6.07, 6.45) is 37.6. The van der Waals surface area contributed by atoms with Gasteiger partial charge >= 0.3 is 0 Å². The van der Waals surface area contributed by atoms with Gasteiger partial charge in [0.05, 0.1) is 18.8 Å². The predicted octanol–water partition coefficient (Wildman–Crippen LogP) is 9.12. The first-order valence-electron chi connectivity index (χ1n) is 16.2. The maximum atomic E-state index is 12.3. The van der Waals surface area contributed by atoms with E-state index in [-0.39, 0.29) is 12.5 Å². The highest BCUT2D eigenvalue weighted by molar-refractivity contribution is 5.76. The van der Waals surface area contributed by atoms with Crippen LogP contribution >= 0.6 is 0 Å². The summed E-state index contributed by atoms with van der Waals surface area (Å²) in [7, 11) is 0. The van der Waals surface area contributed by atoms with E-state index >= 15 is 0 Å². The van der Waals surface area contributed by atoms with Crippen LogP contribution in [0, 0.1) is 0 Å². The molecule has 38 heavy (non-hydrogen) atoms. The van der Waals surface area contributed by atoms with Crippen molar-refractivity contribution in [2.75, 3.05) is 6.61 Å². The lowest BCUT2D eigenvalue weighted by Crippen LogP contribution is -2.45. The number of unbranched alkanes of at least 4 members (excludes halogenated alkanes) is 15. The van der Waals surface area contributed by atoms with Crippen molar-refractivity contribution in [1.29, 1.82) is 0 Å². The van der Waals surface area contributed by atoms with E-state index in [2.05, 4.69) is 55.6 Å². The van der Waals surface area contributed by atoms with Gasteiger partial charge < -0.3 is 15.5 Å². The molecule has 1 amide bonds. The molecule has 4 nitrogen and oxygen atoms in total. The molecule has 0 aromatic heterocycles. The predicted molar refractivity (Wildman–Crippen MR) is 165 cm³/mol. The van der Waals surface area contributed by atoms with Crippen molar-refractivity contribution in [3.8, 4) is 0 Å². The molecule has 0 aromatic carbocycles. The van der Waals surface area contributed by atoms with E-state index < -0.39 is 12.1 Å².